The van der Waals surface area contributed by atoms with Crippen LogP contribution in [0.15, 0.2) is 30.6 Å². The monoisotopic (exact) mass is 336 g/mol. The standard InChI is InChI=1S/C15H13ClN2O5/c1-22-14(20)12-13(15(21)23-2)18(8-17-12)7-11(19)9-3-5-10(16)6-4-9/h3-6,8H,7H2,1-2H3. The number of hydrogen-bond acceptors (Lipinski definition) is 6. The summed E-state index contributed by atoms with van der Waals surface area (Å²) >= 11 is 5.78. The van der Waals surface area contributed by atoms with Gasteiger partial charge in [-0.25, -0.2) is 14.6 Å². The Bertz CT molecular complexity index is 752. The molecule has 7 nitrogen and oxygen atoms in total. The molecule has 0 radical (unpaired) electrons. The zero-order valence-electron chi connectivity index (χ0n) is 12.4. The number of Topliss-reactive ketones (excluding diaryl/α,β-unsaturated/α-hetero) is 1. The molecule has 0 atom stereocenters. The fourth-order valence-corrected chi connectivity index (χ4v) is 2.07. The topological polar surface area (TPSA) is 87.5 Å². The van der Waals surface area contributed by atoms with Gasteiger partial charge < -0.3 is 14.0 Å². The van der Waals surface area contributed by atoms with Gasteiger partial charge in [0, 0.05) is 10.6 Å². The summed E-state index contributed by atoms with van der Waals surface area (Å²) in [5.74, 6) is -1.85. The number of ether oxygens (including phenoxy) is 2. The lowest BCUT2D eigenvalue weighted by Crippen LogP contribution is -2.19. The maximum absolute atomic E-state index is 12.3. The Labute approximate surface area is 136 Å². The number of benzene rings is 1. The van der Waals surface area contributed by atoms with Crippen LogP contribution >= 0.6 is 11.6 Å². The van der Waals surface area contributed by atoms with Gasteiger partial charge in [0.05, 0.1) is 27.1 Å². The molecule has 1 heterocycles. The van der Waals surface area contributed by atoms with Crippen molar-refractivity contribution in [2.75, 3.05) is 14.2 Å². The number of carbonyl (C=O) groups is 3. The maximum atomic E-state index is 12.3. The summed E-state index contributed by atoms with van der Waals surface area (Å²) in [5, 5.41) is 0.507. The number of hydrogen-bond donors (Lipinski definition) is 0. The number of rotatable bonds is 5. The van der Waals surface area contributed by atoms with E-state index in [1.807, 2.05) is 0 Å². The van der Waals surface area contributed by atoms with Gasteiger partial charge in [-0.05, 0) is 24.3 Å². The Balaban J connectivity index is 2.34. The Hall–Kier alpha value is -2.67. The Morgan fingerprint density at radius 2 is 1.70 bits per heavy atom. The highest BCUT2D eigenvalue weighted by molar-refractivity contribution is 6.30. The second-order valence-electron chi connectivity index (χ2n) is 4.48. The van der Waals surface area contributed by atoms with E-state index in [2.05, 4.69) is 14.5 Å². The predicted octanol–water partition coefficient (Wildman–Crippen LogP) is 1.99. The molecule has 0 saturated carbocycles. The number of aromatic nitrogens is 2. The first-order valence-corrected chi connectivity index (χ1v) is 6.86. The first-order valence-electron chi connectivity index (χ1n) is 6.48. The molecular weight excluding hydrogens is 324 g/mol. The minimum atomic E-state index is -0.789. The zero-order chi connectivity index (χ0) is 17.0. The molecule has 0 unspecified atom stereocenters. The molecule has 0 aliphatic carbocycles. The smallest absolute Gasteiger partial charge is 0.359 e. The number of imidazole rings is 1. The molecule has 0 spiro atoms. The number of methoxy groups -OCH3 is 2. The van der Waals surface area contributed by atoms with E-state index in [4.69, 9.17) is 11.6 Å². The van der Waals surface area contributed by atoms with Crippen molar-refractivity contribution in [2.24, 2.45) is 0 Å². The van der Waals surface area contributed by atoms with Gasteiger partial charge in [0.15, 0.2) is 17.2 Å². The lowest BCUT2D eigenvalue weighted by molar-refractivity contribution is 0.0543. The molecule has 1 aromatic heterocycles. The second kappa shape index (κ2) is 7.06. The van der Waals surface area contributed by atoms with Crippen molar-refractivity contribution < 1.29 is 23.9 Å². The summed E-state index contributed by atoms with van der Waals surface area (Å²) in [6, 6.07) is 6.31. The minimum Gasteiger partial charge on any atom is -0.464 e. The number of esters is 2. The van der Waals surface area contributed by atoms with Gasteiger partial charge in [0.25, 0.3) is 0 Å². The molecule has 0 amide bonds. The zero-order valence-corrected chi connectivity index (χ0v) is 13.2. The van der Waals surface area contributed by atoms with Gasteiger partial charge in [-0.3, -0.25) is 4.79 Å². The van der Waals surface area contributed by atoms with E-state index >= 15 is 0 Å². The van der Waals surface area contributed by atoms with Gasteiger partial charge in [-0.15, -0.1) is 0 Å². The normalized spacial score (nSPS) is 10.2. The SMILES string of the molecule is COC(=O)c1ncn(CC(=O)c2ccc(Cl)cc2)c1C(=O)OC. The number of halogens is 1. The van der Waals surface area contributed by atoms with E-state index in [0.717, 1.165) is 0 Å². The average molecular weight is 337 g/mol. The molecule has 0 N–H and O–H groups in total. The van der Waals surface area contributed by atoms with Crippen LogP contribution in [0, 0.1) is 0 Å². The molecular formula is C15H13ClN2O5. The van der Waals surface area contributed by atoms with E-state index in [9.17, 15) is 14.4 Å². The van der Waals surface area contributed by atoms with Crippen LogP contribution in [-0.2, 0) is 16.0 Å². The molecule has 0 fully saturated rings. The molecule has 23 heavy (non-hydrogen) atoms. The summed E-state index contributed by atoms with van der Waals surface area (Å²) in [6.45, 7) is -0.184. The third-order valence-corrected chi connectivity index (χ3v) is 3.33. The third kappa shape index (κ3) is 3.57. The van der Waals surface area contributed by atoms with Crippen LogP contribution in [-0.4, -0.2) is 41.5 Å². The van der Waals surface area contributed by atoms with Gasteiger partial charge in [-0.2, -0.15) is 0 Å². The fraction of sp³-hybridized carbons (Fsp3) is 0.200. The highest BCUT2D eigenvalue weighted by Gasteiger charge is 2.26. The maximum Gasteiger partial charge on any atom is 0.359 e. The number of ketones is 1. The van der Waals surface area contributed by atoms with Crippen LogP contribution in [0.1, 0.15) is 31.3 Å². The highest BCUT2D eigenvalue weighted by atomic mass is 35.5. The molecule has 120 valence electrons. The summed E-state index contributed by atoms with van der Waals surface area (Å²) in [5.41, 5.74) is 0.0726. The number of carbonyl (C=O) groups excluding carboxylic acids is 3. The lowest BCUT2D eigenvalue weighted by atomic mass is 10.1. The van der Waals surface area contributed by atoms with Gasteiger partial charge >= 0.3 is 11.9 Å². The van der Waals surface area contributed by atoms with Crippen LogP contribution in [0.5, 0.6) is 0 Å². The van der Waals surface area contributed by atoms with Crippen molar-refractivity contribution >= 4 is 29.3 Å². The quantitative estimate of drug-likeness (QED) is 0.613. The second-order valence-corrected chi connectivity index (χ2v) is 4.92. The molecule has 1 aromatic carbocycles. The summed E-state index contributed by atoms with van der Waals surface area (Å²) in [4.78, 5) is 39.6. The van der Waals surface area contributed by atoms with Crippen molar-refractivity contribution in [3.8, 4) is 0 Å². The molecule has 0 saturated heterocycles. The van der Waals surface area contributed by atoms with E-state index in [1.54, 1.807) is 24.3 Å². The van der Waals surface area contributed by atoms with E-state index in [-0.39, 0.29) is 23.7 Å². The van der Waals surface area contributed by atoms with Crippen LogP contribution < -0.4 is 0 Å². The highest BCUT2D eigenvalue weighted by Crippen LogP contribution is 2.14. The summed E-state index contributed by atoms with van der Waals surface area (Å²) in [6.07, 6.45) is 1.21. The van der Waals surface area contributed by atoms with Crippen LogP contribution in [0.25, 0.3) is 0 Å². The number of nitrogens with zero attached hydrogens (tertiary/aromatic N) is 2. The molecule has 2 rings (SSSR count). The van der Waals surface area contributed by atoms with Crippen molar-refractivity contribution in [3.05, 3.63) is 52.6 Å². The summed E-state index contributed by atoms with van der Waals surface area (Å²) in [7, 11) is 2.34. The Kier molecular flexibility index (Phi) is 5.13. The molecule has 0 aliphatic rings. The fourth-order valence-electron chi connectivity index (χ4n) is 1.94. The Morgan fingerprint density at radius 3 is 2.26 bits per heavy atom. The van der Waals surface area contributed by atoms with Crippen molar-refractivity contribution in [1.29, 1.82) is 0 Å². The van der Waals surface area contributed by atoms with Gasteiger partial charge in [0.1, 0.15) is 0 Å². The molecule has 2 aromatic rings. The first kappa shape index (κ1) is 16.7. The van der Waals surface area contributed by atoms with E-state index in [1.165, 1.54) is 25.1 Å². The van der Waals surface area contributed by atoms with Crippen molar-refractivity contribution in [2.45, 2.75) is 6.54 Å². The van der Waals surface area contributed by atoms with Crippen molar-refractivity contribution in [1.82, 2.24) is 9.55 Å². The van der Waals surface area contributed by atoms with Gasteiger partial charge in [-0.1, -0.05) is 11.6 Å². The molecule has 0 bridgehead atoms. The lowest BCUT2D eigenvalue weighted by Gasteiger charge is -2.07. The Morgan fingerprint density at radius 1 is 1.09 bits per heavy atom. The largest absolute Gasteiger partial charge is 0.464 e. The minimum absolute atomic E-state index is 0.137. The van der Waals surface area contributed by atoms with E-state index in [0.29, 0.717) is 10.6 Å². The average Bonchev–Trinajstić information content (AvgIpc) is 2.97. The van der Waals surface area contributed by atoms with Crippen molar-refractivity contribution in [3.63, 3.8) is 0 Å². The predicted molar refractivity (Wildman–Crippen MR) is 80.7 cm³/mol. The summed E-state index contributed by atoms with van der Waals surface area (Å²) < 4.78 is 10.4. The van der Waals surface area contributed by atoms with Crippen LogP contribution in [0.3, 0.4) is 0 Å². The first-order chi connectivity index (χ1) is 11.0. The van der Waals surface area contributed by atoms with Gasteiger partial charge in [0.2, 0.25) is 0 Å². The van der Waals surface area contributed by atoms with Crippen LogP contribution in [0.2, 0.25) is 5.02 Å². The third-order valence-electron chi connectivity index (χ3n) is 3.08. The van der Waals surface area contributed by atoms with Crippen LogP contribution in [0.4, 0.5) is 0 Å². The van der Waals surface area contributed by atoms with E-state index < -0.39 is 11.9 Å². The molecule has 8 heteroatoms. The molecule has 0 aliphatic heterocycles.